The van der Waals surface area contributed by atoms with Crippen LogP contribution in [0.25, 0.3) is 0 Å². The molecule has 0 fully saturated rings. The Hall–Kier alpha value is -3.21. The van der Waals surface area contributed by atoms with E-state index in [0.717, 1.165) is 18.2 Å². The number of pyridine rings is 1. The molecule has 0 aliphatic carbocycles. The number of halogens is 6. The quantitative estimate of drug-likeness (QED) is 0.456. The summed E-state index contributed by atoms with van der Waals surface area (Å²) in [7, 11) is 0. The highest BCUT2D eigenvalue weighted by Gasteiger charge is 2.43. The zero-order chi connectivity index (χ0) is 23.8. The molecule has 1 aliphatic heterocycles. The van der Waals surface area contributed by atoms with Crippen molar-refractivity contribution in [1.29, 1.82) is 0 Å². The minimum Gasteiger partial charge on any atom is -0.491 e. The van der Waals surface area contributed by atoms with Crippen LogP contribution in [0.4, 0.5) is 22.0 Å². The molecular weight excluding hydrogens is 515 g/mol. The molecule has 11 heteroatoms. The van der Waals surface area contributed by atoms with E-state index in [1.807, 2.05) is 0 Å². The van der Waals surface area contributed by atoms with Crippen molar-refractivity contribution in [2.75, 3.05) is 6.61 Å². The second-order valence-electron chi connectivity index (χ2n) is 7.13. The van der Waals surface area contributed by atoms with Gasteiger partial charge in [-0.25, -0.2) is 8.78 Å². The van der Waals surface area contributed by atoms with Crippen LogP contribution in [0, 0.1) is 11.6 Å². The van der Waals surface area contributed by atoms with Gasteiger partial charge < -0.3 is 14.8 Å². The van der Waals surface area contributed by atoms with Gasteiger partial charge in [0, 0.05) is 18.2 Å². The number of rotatable bonds is 4. The number of nitrogens with one attached hydrogen (secondary N) is 1. The van der Waals surface area contributed by atoms with E-state index in [-0.39, 0.29) is 34.3 Å². The standard InChI is InChI=1S/C22H14BrF5N2O3/c23-14-5-3-12(10-15(14)24)20(31)30-21(7-9-32-18-2-1-8-29-19(18)21)13-4-6-17(16(25)11-13)33-22(26,27)28/h1-6,8,10-11H,7,9H2,(H,30,31)/t21-/m0/s1. The lowest BCUT2D eigenvalue weighted by molar-refractivity contribution is -0.275. The highest BCUT2D eigenvalue weighted by Crippen LogP contribution is 2.42. The summed E-state index contributed by atoms with van der Waals surface area (Å²) >= 11 is 3.01. The van der Waals surface area contributed by atoms with Crippen molar-refractivity contribution in [3.8, 4) is 11.5 Å². The molecule has 0 bridgehead atoms. The first-order valence-corrected chi connectivity index (χ1v) is 10.3. The van der Waals surface area contributed by atoms with Gasteiger partial charge in [-0.2, -0.15) is 0 Å². The summed E-state index contributed by atoms with van der Waals surface area (Å²) < 4.78 is 75.7. The topological polar surface area (TPSA) is 60.5 Å². The maximum atomic E-state index is 14.6. The molecule has 2 aromatic carbocycles. The van der Waals surface area contributed by atoms with E-state index in [9.17, 15) is 26.7 Å². The fourth-order valence-corrected chi connectivity index (χ4v) is 3.86. The summed E-state index contributed by atoms with van der Waals surface area (Å²) in [4.78, 5) is 17.4. The van der Waals surface area contributed by atoms with Crippen LogP contribution in [0.5, 0.6) is 11.5 Å². The Bertz CT molecular complexity index is 1220. The second-order valence-corrected chi connectivity index (χ2v) is 7.98. The number of fused-ring (bicyclic) bond motifs is 1. The highest BCUT2D eigenvalue weighted by molar-refractivity contribution is 9.10. The van der Waals surface area contributed by atoms with Crippen molar-refractivity contribution in [2.24, 2.45) is 0 Å². The van der Waals surface area contributed by atoms with Crippen molar-refractivity contribution in [1.82, 2.24) is 10.3 Å². The van der Waals surface area contributed by atoms with Crippen LogP contribution in [0.2, 0.25) is 0 Å². The third-order valence-corrected chi connectivity index (χ3v) is 5.71. The average Bonchev–Trinajstić information content (AvgIpc) is 2.76. The van der Waals surface area contributed by atoms with Gasteiger partial charge in [-0.3, -0.25) is 9.78 Å². The molecule has 0 unspecified atom stereocenters. The molecule has 0 spiro atoms. The monoisotopic (exact) mass is 528 g/mol. The zero-order valence-electron chi connectivity index (χ0n) is 16.6. The summed E-state index contributed by atoms with van der Waals surface area (Å²) in [6.07, 6.45) is -3.56. The van der Waals surface area contributed by atoms with Gasteiger partial charge in [-0.1, -0.05) is 6.07 Å². The number of hydrogen-bond donors (Lipinski definition) is 1. The van der Waals surface area contributed by atoms with Crippen molar-refractivity contribution < 1.29 is 36.2 Å². The van der Waals surface area contributed by atoms with Crippen LogP contribution in [0.15, 0.2) is 59.2 Å². The summed E-state index contributed by atoms with van der Waals surface area (Å²) in [5.41, 5.74) is -1.14. The van der Waals surface area contributed by atoms with E-state index in [0.29, 0.717) is 5.75 Å². The van der Waals surface area contributed by atoms with E-state index < -0.39 is 35.2 Å². The molecule has 1 N–H and O–H groups in total. The molecule has 1 atom stereocenters. The van der Waals surface area contributed by atoms with Gasteiger partial charge in [-0.15, -0.1) is 13.2 Å². The molecule has 5 nitrogen and oxygen atoms in total. The predicted octanol–water partition coefficient (Wildman–Crippen LogP) is 5.48. The maximum Gasteiger partial charge on any atom is 0.573 e. The van der Waals surface area contributed by atoms with Gasteiger partial charge in [0.05, 0.1) is 11.1 Å². The molecule has 1 aliphatic rings. The van der Waals surface area contributed by atoms with Gasteiger partial charge in [0.15, 0.2) is 11.6 Å². The minimum atomic E-state index is -5.08. The van der Waals surface area contributed by atoms with E-state index in [2.05, 4.69) is 31.0 Å². The molecule has 1 amide bonds. The smallest absolute Gasteiger partial charge is 0.491 e. The molecule has 33 heavy (non-hydrogen) atoms. The number of nitrogens with zero attached hydrogens (tertiary/aromatic N) is 1. The lowest BCUT2D eigenvalue weighted by Crippen LogP contribution is -2.50. The number of carbonyl (C=O) groups excluding carboxylic acids is 1. The average molecular weight is 529 g/mol. The van der Waals surface area contributed by atoms with Crippen molar-refractivity contribution >= 4 is 21.8 Å². The van der Waals surface area contributed by atoms with Gasteiger partial charge in [0.1, 0.15) is 22.8 Å². The molecule has 1 aromatic heterocycles. The number of amides is 1. The molecule has 0 radical (unpaired) electrons. The van der Waals surface area contributed by atoms with E-state index in [4.69, 9.17) is 4.74 Å². The molecule has 3 aromatic rings. The van der Waals surface area contributed by atoms with Crippen LogP contribution in [0.3, 0.4) is 0 Å². The summed E-state index contributed by atoms with van der Waals surface area (Å²) in [5, 5.41) is 2.77. The van der Waals surface area contributed by atoms with E-state index in [1.165, 1.54) is 24.4 Å². The first-order chi connectivity index (χ1) is 15.6. The third kappa shape index (κ3) is 4.63. The van der Waals surface area contributed by atoms with Crippen LogP contribution in [-0.2, 0) is 5.54 Å². The van der Waals surface area contributed by atoms with Crippen molar-refractivity contribution in [2.45, 2.75) is 18.3 Å². The van der Waals surface area contributed by atoms with Crippen LogP contribution >= 0.6 is 15.9 Å². The predicted molar refractivity (Wildman–Crippen MR) is 110 cm³/mol. The second kappa shape index (κ2) is 8.62. The summed E-state index contributed by atoms with van der Waals surface area (Å²) in [5.74, 6) is -3.35. The SMILES string of the molecule is O=C(N[C@]1(c2ccc(OC(F)(F)F)c(F)c2)CCOc2cccnc21)c1ccc(Br)c(F)c1. The fourth-order valence-electron chi connectivity index (χ4n) is 3.61. The number of carbonyl (C=O) groups is 1. The maximum absolute atomic E-state index is 14.6. The number of alkyl halides is 3. The van der Waals surface area contributed by atoms with Gasteiger partial charge in [0.25, 0.3) is 5.91 Å². The lowest BCUT2D eigenvalue weighted by atomic mass is 9.81. The number of ether oxygens (including phenoxy) is 2. The Morgan fingerprint density at radius 1 is 1.12 bits per heavy atom. The molecule has 0 saturated carbocycles. The largest absolute Gasteiger partial charge is 0.573 e. The van der Waals surface area contributed by atoms with Crippen LogP contribution in [-0.4, -0.2) is 23.9 Å². The first kappa shape index (κ1) is 23.0. The molecule has 4 rings (SSSR count). The highest BCUT2D eigenvalue weighted by atomic mass is 79.9. The first-order valence-electron chi connectivity index (χ1n) is 9.51. The van der Waals surface area contributed by atoms with Gasteiger partial charge in [-0.05, 0) is 64.0 Å². The molecule has 2 heterocycles. The normalized spacial score (nSPS) is 17.6. The minimum absolute atomic E-state index is 0.0171. The number of benzene rings is 2. The van der Waals surface area contributed by atoms with Crippen molar-refractivity contribution in [3.63, 3.8) is 0 Å². The van der Waals surface area contributed by atoms with Gasteiger partial charge >= 0.3 is 6.36 Å². The van der Waals surface area contributed by atoms with Crippen molar-refractivity contribution in [3.05, 3.63) is 87.7 Å². The summed E-state index contributed by atoms with van der Waals surface area (Å²) in [6, 6.07) is 9.83. The Balaban J connectivity index is 1.81. The number of hydrogen-bond acceptors (Lipinski definition) is 4. The molecule has 172 valence electrons. The van der Waals surface area contributed by atoms with E-state index >= 15 is 0 Å². The Morgan fingerprint density at radius 2 is 1.91 bits per heavy atom. The zero-order valence-corrected chi connectivity index (χ0v) is 18.1. The third-order valence-electron chi connectivity index (χ3n) is 5.07. The fraction of sp³-hybridized carbons (Fsp3) is 0.182. The molecule has 0 saturated heterocycles. The van der Waals surface area contributed by atoms with Crippen LogP contribution in [0.1, 0.15) is 28.0 Å². The molecular formula is C22H14BrF5N2O3. The lowest BCUT2D eigenvalue weighted by Gasteiger charge is -2.39. The van der Waals surface area contributed by atoms with Gasteiger partial charge in [0.2, 0.25) is 0 Å². The van der Waals surface area contributed by atoms with E-state index in [1.54, 1.807) is 12.1 Å². The Kier molecular flexibility index (Phi) is 6.00. The Labute approximate surface area is 192 Å². The van der Waals surface area contributed by atoms with Crippen LogP contribution < -0.4 is 14.8 Å². The Morgan fingerprint density at radius 3 is 2.61 bits per heavy atom. The summed E-state index contributed by atoms with van der Waals surface area (Å²) in [6.45, 7) is 0.0933. The number of aromatic nitrogens is 1.